The lowest BCUT2D eigenvalue weighted by Gasteiger charge is -2.09. The van der Waals surface area contributed by atoms with Gasteiger partial charge in [-0.3, -0.25) is 4.98 Å². The molecule has 0 radical (unpaired) electrons. The van der Waals surface area contributed by atoms with Crippen molar-refractivity contribution in [1.82, 2.24) is 4.98 Å². The van der Waals surface area contributed by atoms with Crippen molar-refractivity contribution >= 4 is 17.1 Å². The van der Waals surface area contributed by atoms with E-state index in [-0.39, 0.29) is 0 Å². The Hall–Kier alpha value is -2.03. The first-order valence-electron chi connectivity index (χ1n) is 5.35. The fraction of sp³-hybridized carbons (Fsp3) is 0.154. The molecule has 0 saturated carbocycles. The summed E-state index contributed by atoms with van der Waals surface area (Å²) in [6, 6.07) is 10.1. The van der Waals surface area contributed by atoms with Gasteiger partial charge in [-0.25, -0.2) is 0 Å². The second kappa shape index (κ2) is 4.66. The second-order valence-electron chi connectivity index (χ2n) is 3.64. The van der Waals surface area contributed by atoms with Crippen molar-refractivity contribution in [1.29, 1.82) is 0 Å². The predicted octanol–water partition coefficient (Wildman–Crippen LogP) is 2.97. The van der Waals surface area contributed by atoms with E-state index < -0.39 is 0 Å². The number of rotatable bonds is 3. The molecular formula is C13H15N3. The lowest BCUT2D eigenvalue weighted by atomic mass is 10.1. The lowest BCUT2D eigenvalue weighted by Crippen LogP contribution is -1.97. The highest BCUT2D eigenvalue weighted by atomic mass is 14.9. The third-order valence-corrected chi connectivity index (χ3v) is 2.47. The number of nitrogens with two attached hydrogens (primary N) is 1. The Morgan fingerprint density at radius 2 is 2.19 bits per heavy atom. The largest absolute Gasteiger partial charge is 0.397 e. The number of benzene rings is 1. The summed E-state index contributed by atoms with van der Waals surface area (Å²) in [6.07, 6.45) is 4.44. The number of hydrogen-bond acceptors (Lipinski definition) is 3. The summed E-state index contributed by atoms with van der Waals surface area (Å²) in [5.41, 5.74) is 9.72. The number of pyridine rings is 1. The van der Waals surface area contributed by atoms with Crippen LogP contribution in [0.25, 0.3) is 0 Å². The fourth-order valence-electron chi connectivity index (χ4n) is 1.53. The summed E-state index contributed by atoms with van der Waals surface area (Å²) in [5, 5.41) is 3.26. The van der Waals surface area contributed by atoms with E-state index in [1.807, 2.05) is 12.1 Å². The van der Waals surface area contributed by atoms with Crippen molar-refractivity contribution in [2.75, 3.05) is 11.1 Å². The van der Waals surface area contributed by atoms with Gasteiger partial charge in [-0.05, 0) is 30.2 Å². The predicted molar refractivity (Wildman–Crippen MR) is 67.8 cm³/mol. The molecule has 2 aromatic rings. The summed E-state index contributed by atoms with van der Waals surface area (Å²) in [5.74, 6) is 0. The minimum atomic E-state index is 0.705. The molecule has 3 nitrogen and oxygen atoms in total. The number of nitrogen functional groups attached to an aromatic ring is 1. The van der Waals surface area contributed by atoms with E-state index in [0.29, 0.717) is 5.69 Å². The SMILES string of the molecule is CCc1cccc(Nc2cnccc2N)c1. The fourth-order valence-corrected chi connectivity index (χ4v) is 1.53. The average Bonchev–Trinajstić information content (AvgIpc) is 2.32. The highest BCUT2D eigenvalue weighted by Crippen LogP contribution is 2.22. The molecule has 0 amide bonds. The first-order valence-corrected chi connectivity index (χ1v) is 5.35. The molecule has 3 N–H and O–H groups in total. The average molecular weight is 213 g/mol. The van der Waals surface area contributed by atoms with Gasteiger partial charge in [0.2, 0.25) is 0 Å². The van der Waals surface area contributed by atoms with Gasteiger partial charge in [0.15, 0.2) is 0 Å². The van der Waals surface area contributed by atoms with Gasteiger partial charge < -0.3 is 11.1 Å². The smallest absolute Gasteiger partial charge is 0.0804 e. The van der Waals surface area contributed by atoms with E-state index in [1.165, 1.54) is 5.56 Å². The lowest BCUT2D eigenvalue weighted by molar-refractivity contribution is 1.14. The Morgan fingerprint density at radius 1 is 1.31 bits per heavy atom. The van der Waals surface area contributed by atoms with Gasteiger partial charge in [0.1, 0.15) is 0 Å². The number of nitrogens with one attached hydrogen (secondary N) is 1. The molecule has 0 spiro atoms. The van der Waals surface area contributed by atoms with Gasteiger partial charge in [0.25, 0.3) is 0 Å². The van der Waals surface area contributed by atoms with Gasteiger partial charge in [0.05, 0.1) is 17.6 Å². The molecule has 0 aliphatic rings. The van der Waals surface area contributed by atoms with Gasteiger partial charge >= 0.3 is 0 Å². The number of anilines is 3. The van der Waals surface area contributed by atoms with Crippen molar-refractivity contribution < 1.29 is 0 Å². The molecule has 0 atom stereocenters. The molecule has 1 aromatic carbocycles. The van der Waals surface area contributed by atoms with Crippen LogP contribution in [-0.4, -0.2) is 4.98 Å². The molecule has 0 aliphatic heterocycles. The Morgan fingerprint density at radius 3 is 2.94 bits per heavy atom. The van der Waals surface area contributed by atoms with Crippen molar-refractivity contribution in [3.63, 3.8) is 0 Å². The van der Waals surface area contributed by atoms with Crippen LogP contribution in [0, 0.1) is 0 Å². The number of nitrogens with zero attached hydrogens (tertiary/aromatic N) is 1. The molecule has 3 heteroatoms. The Balaban J connectivity index is 2.24. The molecule has 0 fully saturated rings. The first kappa shape index (κ1) is 10.5. The summed E-state index contributed by atoms with van der Waals surface area (Å²) >= 11 is 0. The van der Waals surface area contributed by atoms with Crippen LogP contribution < -0.4 is 11.1 Å². The van der Waals surface area contributed by atoms with Gasteiger partial charge in [-0.15, -0.1) is 0 Å². The third kappa shape index (κ3) is 2.31. The molecule has 82 valence electrons. The number of aromatic nitrogens is 1. The maximum Gasteiger partial charge on any atom is 0.0804 e. The molecule has 1 aromatic heterocycles. The van der Waals surface area contributed by atoms with Crippen molar-refractivity contribution in [3.05, 3.63) is 48.3 Å². The Bertz CT molecular complexity index is 480. The Labute approximate surface area is 95.3 Å². The van der Waals surface area contributed by atoms with Crippen LogP contribution in [-0.2, 0) is 6.42 Å². The van der Waals surface area contributed by atoms with E-state index in [2.05, 4.69) is 29.4 Å². The van der Waals surface area contributed by atoms with E-state index in [9.17, 15) is 0 Å². The summed E-state index contributed by atoms with van der Waals surface area (Å²) in [7, 11) is 0. The van der Waals surface area contributed by atoms with Gasteiger partial charge in [-0.2, -0.15) is 0 Å². The van der Waals surface area contributed by atoms with E-state index >= 15 is 0 Å². The van der Waals surface area contributed by atoms with Crippen LogP contribution >= 0.6 is 0 Å². The van der Waals surface area contributed by atoms with E-state index in [0.717, 1.165) is 17.8 Å². The summed E-state index contributed by atoms with van der Waals surface area (Å²) < 4.78 is 0. The third-order valence-electron chi connectivity index (χ3n) is 2.47. The van der Waals surface area contributed by atoms with Crippen molar-refractivity contribution in [2.24, 2.45) is 0 Å². The standard InChI is InChI=1S/C13H15N3/c1-2-10-4-3-5-11(8-10)16-13-9-15-7-6-12(13)14/h3-9,16H,2H2,1H3,(H2,14,15). The van der Waals surface area contributed by atoms with Crippen LogP contribution in [0.2, 0.25) is 0 Å². The minimum Gasteiger partial charge on any atom is -0.397 e. The molecule has 2 rings (SSSR count). The van der Waals surface area contributed by atoms with Gasteiger partial charge in [0, 0.05) is 11.9 Å². The Kier molecular flexibility index (Phi) is 3.05. The summed E-state index contributed by atoms with van der Waals surface area (Å²) in [6.45, 7) is 2.14. The quantitative estimate of drug-likeness (QED) is 0.824. The maximum absolute atomic E-state index is 5.84. The van der Waals surface area contributed by atoms with Crippen molar-refractivity contribution in [3.8, 4) is 0 Å². The topological polar surface area (TPSA) is 50.9 Å². The van der Waals surface area contributed by atoms with Crippen LogP contribution in [0.15, 0.2) is 42.7 Å². The molecule has 0 aliphatic carbocycles. The zero-order valence-electron chi connectivity index (χ0n) is 9.27. The van der Waals surface area contributed by atoms with Crippen molar-refractivity contribution in [2.45, 2.75) is 13.3 Å². The number of aryl methyl sites for hydroxylation is 1. The second-order valence-corrected chi connectivity index (χ2v) is 3.64. The van der Waals surface area contributed by atoms with Crippen LogP contribution in [0.3, 0.4) is 0 Å². The molecule has 0 saturated heterocycles. The summed E-state index contributed by atoms with van der Waals surface area (Å²) in [4.78, 5) is 4.04. The van der Waals surface area contributed by atoms with Gasteiger partial charge in [-0.1, -0.05) is 19.1 Å². The van der Waals surface area contributed by atoms with Crippen LogP contribution in [0.1, 0.15) is 12.5 Å². The zero-order valence-corrected chi connectivity index (χ0v) is 9.27. The maximum atomic E-state index is 5.84. The molecule has 0 unspecified atom stereocenters. The molecular weight excluding hydrogens is 198 g/mol. The van der Waals surface area contributed by atoms with Crippen LogP contribution in [0.4, 0.5) is 17.1 Å². The zero-order chi connectivity index (χ0) is 11.4. The van der Waals surface area contributed by atoms with E-state index in [1.54, 1.807) is 18.5 Å². The minimum absolute atomic E-state index is 0.705. The number of hydrogen-bond donors (Lipinski definition) is 2. The first-order chi connectivity index (χ1) is 7.79. The van der Waals surface area contributed by atoms with Crippen LogP contribution in [0.5, 0.6) is 0 Å². The van der Waals surface area contributed by atoms with E-state index in [4.69, 9.17) is 5.73 Å². The molecule has 0 bridgehead atoms. The molecule has 16 heavy (non-hydrogen) atoms. The molecule has 1 heterocycles. The highest BCUT2D eigenvalue weighted by molar-refractivity contribution is 5.71. The highest BCUT2D eigenvalue weighted by Gasteiger charge is 1.99. The monoisotopic (exact) mass is 213 g/mol. The normalized spacial score (nSPS) is 10.1.